The van der Waals surface area contributed by atoms with Crippen LogP contribution in [0.15, 0.2) is 70.6 Å². The van der Waals surface area contributed by atoms with Gasteiger partial charge in [-0.2, -0.15) is 5.10 Å². The number of carbonyl (C=O) groups excluding carboxylic acids is 2. The molecule has 0 saturated heterocycles. The standard InChI is InChI=1S/C21H20N4O2S/c26-20(23-15-11-10-14-13-22-25-18(14)12-15)21(27)24-17-8-4-5-9-19(17)28-16-6-2-1-3-7-16/h1-9,13,15H,10-12H2,(H,22,25)(H,23,26)(H,24,27). The SMILES string of the molecule is O=C(Nc1ccccc1Sc1ccccc1)C(=O)NC1CCc2cn[nH]c2C1. The van der Waals surface area contributed by atoms with Crippen molar-refractivity contribution in [2.45, 2.75) is 35.1 Å². The second kappa shape index (κ2) is 8.31. The first-order valence-electron chi connectivity index (χ1n) is 9.14. The van der Waals surface area contributed by atoms with Gasteiger partial charge >= 0.3 is 11.8 Å². The number of rotatable bonds is 4. The van der Waals surface area contributed by atoms with E-state index in [0.717, 1.165) is 28.3 Å². The summed E-state index contributed by atoms with van der Waals surface area (Å²) in [6, 6.07) is 17.3. The van der Waals surface area contributed by atoms with Gasteiger partial charge in [-0.1, -0.05) is 42.1 Å². The Labute approximate surface area is 167 Å². The van der Waals surface area contributed by atoms with E-state index in [-0.39, 0.29) is 6.04 Å². The zero-order chi connectivity index (χ0) is 19.3. The Bertz CT molecular complexity index is 987. The van der Waals surface area contributed by atoms with Crippen molar-refractivity contribution in [1.82, 2.24) is 15.5 Å². The number of benzene rings is 2. The molecule has 1 heterocycles. The summed E-state index contributed by atoms with van der Waals surface area (Å²) in [4.78, 5) is 26.8. The molecule has 3 aromatic rings. The van der Waals surface area contributed by atoms with Crippen molar-refractivity contribution in [3.05, 3.63) is 72.1 Å². The van der Waals surface area contributed by atoms with Gasteiger partial charge in [0.15, 0.2) is 0 Å². The van der Waals surface area contributed by atoms with Crippen molar-refractivity contribution >= 4 is 29.3 Å². The highest BCUT2D eigenvalue weighted by Crippen LogP contribution is 2.33. The van der Waals surface area contributed by atoms with Crippen molar-refractivity contribution in [2.75, 3.05) is 5.32 Å². The van der Waals surface area contributed by atoms with Gasteiger partial charge in [-0.05, 0) is 42.7 Å². The largest absolute Gasteiger partial charge is 0.345 e. The monoisotopic (exact) mass is 392 g/mol. The number of hydrogen-bond acceptors (Lipinski definition) is 4. The summed E-state index contributed by atoms with van der Waals surface area (Å²) in [5.74, 6) is -1.27. The Morgan fingerprint density at radius 2 is 1.82 bits per heavy atom. The minimum absolute atomic E-state index is 0.0693. The summed E-state index contributed by atoms with van der Waals surface area (Å²) in [5.41, 5.74) is 2.83. The molecule has 2 aromatic carbocycles. The van der Waals surface area contributed by atoms with Crippen molar-refractivity contribution < 1.29 is 9.59 Å². The lowest BCUT2D eigenvalue weighted by atomic mass is 9.94. The molecule has 3 N–H and O–H groups in total. The van der Waals surface area contributed by atoms with Crippen LogP contribution in [-0.4, -0.2) is 28.1 Å². The second-order valence-corrected chi connectivity index (χ2v) is 7.77. The Balaban J connectivity index is 1.39. The van der Waals surface area contributed by atoms with Crippen LogP contribution in [0.1, 0.15) is 17.7 Å². The number of fused-ring (bicyclic) bond motifs is 1. The molecule has 0 spiro atoms. The first-order valence-corrected chi connectivity index (χ1v) is 9.95. The molecule has 1 aliphatic carbocycles. The molecule has 1 aliphatic rings. The molecule has 2 amide bonds. The summed E-state index contributed by atoms with van der Waals surface area (Å²) < 4.78 is 0. The van der Waals surface area contributed by atoms with E-state index in [1.807, 2.05) is 54.7 Å². The third-order valence-electron chi connectivity index (χ3n) is 4.67. The quantitative estimate of drug-likeness (QED) is 0.595. The number of hydrogen-bond donors (Lipinski definition) is 3. The summed E-state index contributed by atoms with van der Waals surface area (Å²) in [7, 11) is 0. The number of aromatic nitrogens is 2. The van der Waals surface area contributed by atoms with Gasteiger partial charge in [0.05, 0.1) is 11.9 Å². The van der Waals surface area contributed by atoms with Gasteiger partial charge < -0.3 is 10.6 Å². The molecule has 1 atom stereocenters. The number of nitrogens with one attached hydrogen (secondary N) is 3. The molecular weight excluding hydrogens is 372 g/mol. The molecule has 1 unspecified atom stereocenters. The number of nitrogens with zero attached hydrogens (tertiary/aromatic N) is 1. The average molecular weight is 392 g/mol. The van der Waals surface area contributed by atoms with Gasteiger partial charge in [0.1, 0.15) is 0 Å². The molecule has 0 saturated carbocycles. The number of aryl methyl sites for hydroxylation is 1. The lowest BCUT2D eigenvalue weighted by Crippen LogP contribution is -2.44. The van der Waals surface area contributed by atoms with Crippen LogP contribution in [-0.2, 0) is 22.4 Å². The predicted molar refractivity (Wildman–Crippen MR) is 108 cm³/mol. The highest BCUT2D eigenvalue weighted by molar-refractivity contribution is 7.99. The zero-order valence-corrected chi connectivity index (χ0v) is 16.0. The fourth-order valence-electron chi connectivity index (χ4n) is 3.24. The van der Waals surface area contributed by atoms with Crippen LogP contribution in [0.2, 0.25) is 0 Å². The van der Waals surface area contributed by atoms with Crippen molar-refractivity contribution in [1.29, 1.82) is 0 Å². The summed E-state index contributed by atoms with van der Waals surface area (Å²) in [6.07, 6.45) is 4.12. The van der Waals surface area contributed by atoms with E-state index in [1.54, 1.807) is 6.07 Å². The van der Waals surface area contributed by atoms with Crippen LogP contribution in [0.5, 0.6) is 0 Å². The van der Waals surface area contributed by atoms with Crippen LogP contribution in [0.3, 0.4) is 0 Å². The molecule has 6 nitrogen and oxygen atoms in total. The molecule has 0 radical (unpaired) electrons. The van der Waals surface area contributed by atoms with Crippen molar-refractivity contribution in [3.63, 3.8) is 0 Å². The summed E-state index contributed by atoms with van der Waals surface area (Å²) >= 11 is 1.54. The van der Waals surface area contributed by atoms with Gasteiger partial charge in [-0.25, -0.2) is 0 Å². The van der Waals surface area contributed by atoms with E-state index in [2.05, 4.69) is 20.8 Å². The molecule has 4 rings (SSSR count). The van der Waals surface area contributed by atoms with Crippen molar-refractivity contribution in [3.8, 4) is 0 Å². The fraction of sp³-hybridized carbons (Fsp3) is 0.190. The Morgan fingerprint density at radius 1 is 1.04 bits per heavy atom. The summed E-state index contributed by atoms with van der Waals surface area (Å²) in [6.45, 7) is 0. The minimum atomic E-state index is -0.656. The number of anilines is 1. The number of aromatic amines is 1. The van der Waals surface area contributed by atoms with Gasteiger partial charge in [-0.15, -0.1) is 0 Å². The zero-order valence-electron chi connectivity index (χ0n) is 15.1. The maximum atomic E-state index is 12.4. The summed E-state index contributed by atoms with van der Waals surface area (Å²) in [5, 5.41) is 12.6. The number of carbonyl (C=O) groups is 2. The molecule has 1 aromatic heterocycles. The van der Waals surface area contributed by atoms with Crippen LogP contribution in [0.25, 0.3) is 0 Å². The number of H-pyrrole nitrogens is 1. The topological polar surface area (TPSA) is 86.9 Å². The van der Waals surface area contributed by atoms with E-state index in [0.29, 0.717) is 12.1 Å². The van der Waals surface area contributed by atoms with E-state index in [4.69, 9.17) is 0 Å². The Morgan fingerprint density at radius 3 is 2.68 bits per heavy atom. The molecule has 0 aliphatic heterocycles. The third kappa shape index (κ3) is 4.26. The normalized spacial score (nSPS) is 15.5. The van der Waals surface area contributed by atoms with E-state index < -0.39 is 11.8 Å². The Hall–Kier alpha value is -3.06. The maximum absolute atomic E-state index is 12.4. The van der Waals surface area contributed by atoms with Gasteiger partial charge in [0.25, 0.3) is 0 Å². The predicted octanol–water partition coefficient (Wildman–Crippen LogP) is 3.17. The van der Waals surface area contributed by atoms with Crippen molar-refractivity contribution in [2.24, 2.45) is 0 Å². The lowest BCUT2D eigenvalue weighted by molar-refractivity contribution is -0.136. The average Bonchev–Trinajstić information content (AvgIpc) is 3.18. The van der Waals surface area contributed by atoms with Gasteiger partial charge in [-0.3, -0.25) is 14.7 Å². The smallest absolute Gasteiger partial charge is 0.313 e. The first-order chi connectivity index (χ1) is 13.7. The molecular formula is C21H20N4O2S. The highest BCUT2D eigenvalue weighted by Gasteiger charge is 2.24. The molecule has 0 fully saturated rings. The van der Waals surface area contributed by atoms with E-state index in [9.17, 15) is 9.59 Å². The fourth-order valence-corrected chi connectivity index (χ4v) is 4.16. The first kappa shape index (κ1) is 18.3. The third-order valence-corrected chi connectivity index (χ3v) is 5.75. The number of amides is 2. The van der Waals surface area contributed by atoms with E-state index >= 15 is 0 Å². The van der Waals surface area contributed by atoms with Crippen LogP contribution >= 0.6 is 11.8 Å². The van der Waals surface area contributed by atoms with Crippen LogP contribution in [0.4, 0.5) is 5.69 Å². The maximum Gasteiger partial charge on any atom is 0.313 e. The molecule has 142 valence electrons. The second-order valence-electron chi connectivity index (χ2n) is 6.65. The Kier molecular flexibility index (Phi) is 5.43. The minimum Gasteiger partial charge on any atom is -0.345 e. The van der Waals surface area contributed by atoms with Crippen LogP contribution in [0, 0.1) is 0 Å². The number of para-hydroxylation sites is 1. The lowest BCUT2D eigenvalue weighted by Gasteiger charge is -2.22. The van der Waals surface area contributed by atoms with E-state index in [1.165, 1.54) is 17.3 Å². The van der Waals surface area contributed by atoms with Gasteiger partial charge in [0.2, 0.25) is 0 Å². The highest BCUT2D eigenvalue weighted by atomic mass is 32.2. The molecule has 28 heavy (non-hydrogen) atoms. The molecule has 7 heteroatoms. The molecule has 0 bridgehead atoms. The van der Waals surface area contributed by atoms with Gasteiger partial charge in [0, 0.05) is 27.9 Å². The van der Waals surface area contributed by atoms with Crippen LogP contribution < -0.4 is 10.6 Å².